The van der Waals surface area contributed by atoms with Crippen LogP contribution in [0.15, 0.2) is 83.0 Å². The summed E-state index contributed by atoms with van der Waals surface area (Å²) >= 11 is 0. The molecule has 6 rings (SSSR count). The third kappa shape index (κ3) is 3.79. The van der Waals surface area contributed by atoms with Gasteiger partial charge < -0.3 is 9.84 Å². The number of hydrogen-bond acceptors (Lipinski definition) is 4. The van der Waals surface area contributed by atoms with E-state index in [9.17, 15) is 9.18 Å². The smallest absolute Gasteiger partial charge is 0.326 e. The number of nitrogens with one attached hydrogen (secondary N) is 1. The molecule has 1 aromatic heterocycles. The van der Waals surface area contributed by atoms with Crippen LogP contribution in [0, 0.1) is 5.82 Å². The molecule has 0 fully saturated rings. The predicted molar refractivity (Wildman–Crippen MR) is 131 cm³/mol. The molecule has 4 aromatic rings. The average molecular weight is 467 g/mol. The largest absolute Gasteiger partial charge is 0.334 e. The summed E-state index contributed by atoms with van der Waals surface area (Å²) in [5, 5.41) is 7.27. The molecule has 7 heteroatoms. The fourth-order valence-corrected chi connectivity index (χ4v) is 4.97. The molecule has 1 atom stereocenters. The number of aromatic nitrogens is 2. The lowest BCUT2D eigenvalue weighted by Gasteiger charge is -2.35. The van der Waals surface area contributed by atoms with Gasteiger partial charge >= 0.3 is 6.03 Å². The minimum atomic E-state index is -0.571. The number of hydrogen-bond donors (Lipinski definition) is 1. The van der Waals surface area contributed by atoms with Gasteiger partial charge in [-0.15, -0.1) is 0 Å². The molecule has 0 spiro atoms. The zero-order chi connectivity index (χ0) is 23.9. The Morgan fingerprint density at radius 1 is 1.00 bits per heavy atom. The first kappa shape index (κ1) is 21.3. The molecule has 0 bridgehead atoms. The van der Waals surface area contributed by atoms with Crippen molar-refractivity contribution < 1.29 is 13.7 Å². The van der Waals surface area contributed by atoms with E-state index in [1.807, 2.05) is 43.3 Å². The Morgan fingerprint density at radius 2 is 1.77 bits per heavy atom. The van der Waals surface area contributed by atoms with Gasteiger partial charge in [0, 0.05) is 11.3 Å². The first-order chi connectivity index (χ1) is 17.1. The molecule has 1 aliphatic carbocycles. The zero-order valence-electron chi connectivity index (χ0n) is 19.2. The third-order valence-electron chi connectivity index (χ3n) is 6.72. The molecule has 1 aliphatic heterocycles. The van der Waals surface area contributed by atoms with Gasteiger partial charge in [0.1, 0.15) is 5.82 Å². The van der Waals surface area contributed by atoms with Gasteiger partial charge in [-0.1, -0.05) is 53.7 Å². The highest BCUT2D eigenvalue weighted by molar-refractivity contribution is 6.01. The van der Waals surface area contributed by atoms with Gasteiger partial charge in [0.2, 0.25) is 5.82 Å². The van der Waals surface area contributed by atoms with Crippen LogP contribution in [0.4, 0.5) is 14.9 Å². The molecule has 2 aliphatic rings. The number of allylic oxidation sites excluding steroid dienone is 1. The molecule has 1 unspecified atom stereocenters. The van der Waals surface area contributed by atoms with E-state index >= 15 is 0 Å². The summed E-state index contributed by atoms with van der Waals surface area (Å²) in [6.45, 7) is 1.88. The SMILES string of the molecule is CC1=C(c2nc(-c3ccccc3)no2)C(c2ccc(F)cc2)NC(=O)N1c1ccc2c(c1)CCC2. The first-order valence-electron chi connectivity index (χ1n) is 11.7. The summed E-state index contributed by atoms with van der Waals surface area (Å²) < 4.78 is 19.4. The van der Waals surface area contributed by atoms with Crippen molar-refractivity contribution in [2.24, 2.45) is 0 Å². The number of carbonyl (C=O) groups excluding carboxylic acids is 1. The van der Waals surface area contributed by atoms with Crippen molar-refractivity contribution in [2.45, 2.75) is 32.2 Å². The van der Waals surface area contributed by atoms with E-state index in [1.54, 1.807) is 17.0 Å². The van der Waals surface area contributed by atoms with Crippen LogP contribution in [0.2, 0.25) is 0 Å². The molecule has 0 saturated carbocycles. The summed E-state index contributed by atoms with van der Waals surface area (Å²) in [4.78, 5) is 19.7. The lowest BCUT2D eigenvalue weighted by molar-refractivity contribution is 0.244. The van der Waals surface area contributed by atoms with E-state index in [-0.39, 0.29) is 11.8 Å². The molecule has 0 radical (unpaired) electrons. The zero-order valence-corrected chi connectivity index (χ0v) is 19.2. The van der Waals surface area contributed by atoms with Crippen molar-refractivity contribution >= 4 is 17.3 Å². The van der Waals surface area contributed by atoms with Crippen LogP contribution in [0.5, 0.6) is 0 Å². The number of aryl methyl sites for hydroxylation is 2. The van der Waals surface area contributed by atoms with E-state index in [0.29, 0.717) is 23.0 Å². The van der Waals surface area contributed by atoms with Gasteiger partial charge in [-0.2, -0.15) is 4.98 Å². The molecule has 2 amide bonds. The van der Waals surface area contributed by atoms with Gasteiger partial charge in [0.15, 0.2) is 0 Å². The van der Waals surface area contributed by atoms with Crippen LogP contribution in [0.25, 0.3) is 17.0 Å². The molecule has 35 heavy (non-hydrogen) atoms. The number of urea groups is 1. The van der Waals surface area contributed by atoms with Crippen molar-refractivity contribution in [3.63, 3.8) is 0 Å². The second-order valence-corrected chi connectivity index (χ2v) is 8.86. The van der Waals surface area contributed by atoms with Crippen LogP contribution in [-0.4, -0.2) is 16.2 Å². The number of amides is 2. The number of anilines is 1. The summed E-state index contributed by atoms with van der Waals surface area (Å²) in [5.41, 5.74) is 6.31. The third-order valence-corrected chi connectivity index (χ3v) is 6.72. The number of carbonyl (C=O) groups is 1. The van der Waals surface area contributed by atoms with Gasteiger partial charge in [-0.05, 0) is 67.1 Å². The number of benzene rings is 3. The Morgan fingerprint density at radius 3 is 2.57 bits per heavy atom. The van der Waals surface area contributed by atoms with Gasteiger partial charge in [0.05, 0.1) is 17.3 Å². The lowest BCUT2D eigenvalue weighted by Crippen LogP contribution is -2.46. The Balaban J connectivity index is 1.49. The Kier molecular flexibility index (Phi) is 5.17. The maximum atomic E-state index is 13.7. The standard InChI is InChI=1S/C28H23FN4O2/c1-17-24(27-31-26(32-35-27)20-6-3-2-4-7-20)25(19-10-13-22(29)14-11-19)30-28(34)33(17)23-15-12-18-8-5-9-21(18)16-23/h2-4,6-7,10-16,25H,5,8-9H2,1H3,(H,30,34). The predicted octanol–water partition coefficient (Wildman–Crippen LogP) is 6.07. The van der Waals surface area contributed by atoms with Crippen LogP contribution in [-0.2, 0) is 12.8 Å². The van der Waals surface area contributed by atoms with Gasteiger partial charge in [0.25, 0.3) is 5.89 Å². The number of fused-ring (bicyclic) bond motifs is 1. The highest BCUT2D eigenvalue weighted by Crippen LogP contribution is 2.40. The van der Waals surface area contributed by atoms with E-state index in [4.69, 9.17) is 4.52 Å². The summed E-state index contributed by atoms with van der Waals surface area (Å²) in [6, 6.07) is 21.0. The second kappa shape index (κ2) is 8.51. The maximum absolute atomic E-state index is 13.7. The van der Waals surface area contributed by atoms with Crippen LogP contribution < -0.4 is 10.2 Å². The molecular weight excluding hydrogens is 443 g/mol. The van der Waals surface area contributed by atoms with Crippen molar-refractivity contribution in [2.75, 3.05) is 4.90 Å². The summed E-state index contributed by atoms with van der Waals surface area (Å²) in [7, 11) is 0. The van der Waals surface area contributed by atoms with E-state index in [2.05, 4.69) is 27.6 Å². The van der Waals surface area contributed by atoms with Crippen molar-refractivity contribution in [3.05, 3.63) is 107 Å². The number of halogens is 1. The molecular formula is C28H23FN4O2. The lowest BCUT2D eigenvalue weighted by atomic mass is 9.94. The molecule has 6 nitrogen and oxygen atoms in total. The molecule has 174 valence electrons. The minimum absolute atomic E-state index is 0.263. The first-order valence-corrected chi connectivity index (χ1v) is 11.7. The van der Waals surface area contributed by atoms with Crippen molar-refractivity contribution in [1.82, 2.24) is 15.5 Å². The van der Waals surface area contributed by atoms with Gasteiger partial charge in [-0.25, -0.2) is 9.18 Å². The maximum Gasteiger partial charge on any atom is 0.326 e. The van der Waals surface area contributed by atoms with Crippen LogP contribution in [0.1, 0.15) is 42.0 Å². The molecule has 0 saturated heterocycles. The monoisotopic (exact) mass is 466 g/mol. The normalized spacial score (nSPS) is 17.5. The fraction of sp³-hybridized carbons (Fsp3) is 0.179. The van der Waals surface area contributed by atoms with Gasteiger partial charge in [-0.3, -0.25) is 4.90 Å². The van der Waals surface area contributed by atoms with E-state index < -0.39 is 6.04 Å². The quantitative estimate of drug-likeness (QED) is 0.396. The fourth-order valence-electron chi connectivity index (χ4n) is 4.97. The average Bonchev–Trinajstić information content (AvgIpc) is 3.54. The van der Waals surface area contributed by atoms with E-state index in [1.165, 1.54) is 23.3 Å². The second-order valence-electron chi connectivity index (χ2n) is 8.86. The Labute approximate surface area is 202 Å². The number of nitrogens with zero attached hydrogens (tertiary/aromatic N) is 3. The highest BCUT2D eigenvalue weighted by Gasteiger charge is 2.36. The van der Waals surface area contributed by atoms with Crippen molar-refractivity contribution in [3.8, 4) is 11.4 Å². The molecule has 2 heterocycles. The Bertz CT molecular complexity index is 1440. The minimum Gasteiger partial charge on any atom is -0.334 e. The summed E-state index contributed by atoms with van der Waals surface area (Å²) in [5.74, 6) is 0.420. The highest BCUT2D eigenvalue weighted by atomic mass is 19.1. The molecule has 1 N–H and O–H groups in total. The van der Waals surface area contributed by atoms with Crippen LogP contribution >= 0.6 is 0 Å². The summed E-state index contributed by atoms with van der Waals surface area (Å²) in [6.07, 6.45) is 3.21. The van der Waals surface area contributed by atoms with Crippen molar-refractivity contribution in [1.29, 1.82) is 0 Å². The van der Waals surface area contributed by atoms with Crippen LogP contribution in [0.3, 0.4) is 0 Å². The molecule has 3 aromatic carbocycles. The Hall–Kier alpha value is -4.26. The number of rotatable bonds is 4. The van der Waals surface area contributed by atoms with E-state index in [0.717, 1.165) is 36.1 Å². The topological polar surface area (TPSA) is 71.3 Å².